The number of carbonyl (C=O) groups excluding carboxylic acids is 1. The Bertz CT molecular complexity index is 395. The quantitative estimate of drug-likeness (QED) is 0.371. The number of hydrogen-bond donors (Lipinski definition) is 5. The third-order valence-electron chi connectivity index (χ3n) is 2.81. The Morgan fingerprint density at radius 1 is 1.00 bits per heavy atom. The van der Waals surface area contributed by atoms with Crippen molar-refractivity contribution < 1.29 is 35.8 Å². The number of Topliss-reactive ketones (excluding diaryl/α,β-unsaturated/α-hetero) is 1. The van der Waals surface area contributed by atoms with Gasteiger partial charge in [-0.05, 0) is 5.56 Å². The Labute approximate surface area is 116 Å². The Kier molecular flexibility index (Phi) is 8.16. The molecule has 0 amide bonds. The summed E-state index contributed by atoms with van der Waals surface area (Å²) in [5, 5.41) is 46.3. The number of rotatable bonds is 7. The van der Waals surface area contributed by atoms with E-state index in [1.165, 1.54) is 0 Å². The van der Waals surface area contributed by atoms with Crippen LogP contribution in [-0.4, -0.2) is 67.8 Å². The van der Waals surface area contributed by atoms with Gasteiger partial charge in [-0.3, -0.25) is 4.79 Å². The van der Waals surface area contributed by atoms with Gasteiger partial charge < -0.3 is 31.0 Å². The molecule has 7 nitrogen and oxygen atoms in total. The predicted octanol–water partition coefficient (Wildman–Crippen LogP) is -2.59. The minimum atomic E-state index is -1.85. The highest BCUT2D eigenvalue weighted by molar-refractivity contribution is 5.85. The van der Waals surface area contributed by atoms with Crippen molar-refractivity contribution in [1.82, 2.24) is 0 Å². The first-order valence-electron chi connectivity index (χ1n) is 5.87. The summed E-state index contributed by atoms with van der Waals surface area (Å²) in [5.41, 5.74) is 0.663. The molecule has 0 heterocycles. The smallest absolute Gasteiger partial charge is 0.168 e. The zero-order chi connectivity index (χ0) is 14.4. The van der Waals surface area contributed by atoms with Gasteiger partial charge in [-0.25, -0.2) is 0 Å². The minimum absolute atomic E-state index is 0. The first kappa shape index (κ1) is 18.7. The molecule has 0 spiro atoms. The second kappa shape index (κ2) is 8.75. The van der Waals surface area contributed by atoms with Crippen molar-refractivity contribution in [3.05, 3.63) is 35.9 Å². The van der Waals surface area contributed by atoms with Crippen LogP contribution in [0, 0.1) is 0 Å². The fraction of sp³-hybridized carbons (Fsp3) is 0.462. The highest BCUT2D eigenvalue weighted by Crippen LogP contribution is 2.09. The van der Waals surface area contributed by atoms with Crippen LogP contribution in [-0.2, 0) is 11.2 Å². The molecule has 1 rings (SSSR count). The fourth-order valence-corrected chi connectivity index (χ4v) is 1.61. The topological polar surface area (TPSA) is 150 Å². The number of aliphatic hydroxyl groups excluding tert-OH is 5. The molecule has 0 fully saturated rings. The van der Waals surface area contributed by atoms with Crippen LogP contribution in [0.15, 0.2) is 30.3 Å². The van der Waals surface area contributed by atoms with Crippen LogP contribution < -0.4 is 0 Å². The largest absolute Gasteiger partial charge is 0.412 e. The number of carbonyl (C=O) groups is 1. The van der Waals surface area contributed by atoms with Crippen LogP contribution in [0.1, 0.15) is 5.56 Å². The summed E-state index contributed by atoms with van der Waals surface area (Å²) in [7, 11) is 0. The van der Waals surface area contributed by atoms with Gasteiger partial charge in [0.2, 0.25) is 0 Å². The van der Waals surface area contributed by atoms with Gasteiger partial charge in [-0.15, -0.1) is 0 Å². The van der Waals surface area contributed by atoms with Crippen molar-refractivity contribution in [2.45, 2.75) is 30.8 Å². The Balaban J connectivity index is 0.00000361. The van der Waals surface area contributed by atoms with E-state index in [0.717, 1.165) is 0 Å². The first-order chi connectivity index (χ1) is 8.97. The summed E-state index contributed by atoms with van der Waals surface area (Å²) in [6, 6.07) is 8.62. The minimum Gasteiger partial charge on any atom is -0.412 e. The molecule has 0 aliphatic carbocycles. The molecule has 0 aliphatic heterocycles. The fourth-order valence-electron chi connectivity index (χ4n) is 1.61. The summed E-state index contributed by atoms with van der Waals surface area (Å²) in [6.07, 6.45) is -7.18. The van der Waals surface area contributed by atoms with E-state index >= 15 is 0 Å². The molecule has 7 N–H and O–H groups in total. The molecule has 0 saturated carbocycles. The summed E-state index contributed by atoms with van der Waals surface area (Å²) in [5.74, 6) is -0.678. The van der Waals surface area contributed by atoms with Gasteiger partial charge in [0.1, 0.15) is 24.4 Å². The highest BCUT2D eigenvalue weighted by Gasteiger charge is 2.33. The maximum Gasteiger partial charge on any atom is 0.168 e. The molecule has 20 heavy (non-hydrogen) atoms. The average Bonchev–Trinajstić information content (AvgIpc) is 2.44. The van der Waals surface area contributed by atoms with E-state index in [-0.39, 0.29) is 11.9 Å². The molecular formula is C13H20O7. The van der Waals surface area contributed by atoms with Gasteiger partial charge in [-0.2, -0.15) is 0 Å². The lowest BCUT2D eigenvalue weighted by atomic mass is 9.97. The first-order valence-corrected chi connectivity index (χ1v) is 5.87. The van der Waals surface area contributed by atoms with E-state index in [1.54, 1.807) is 30.3 Å². The van der Waals surface area contributed by atoms with Gasteiger partial charge in [0.25, 0.3) is 0 Å². The molecular weight excluding hydrogens is 268 g/mol. The maximum atomic E-state index is 11.7. The third-order valence-corrected chi connectivity index (χ3v) is 2.81. The third kappa shape index (κ3) is 4.97. The SMILES string of the molecule is O.O=C(Cc1ccccc1)C(O)C(O)C(O)C(O)CO. The maximum absolute atomic E-state index is 11.7. The number of ketones is 1. The molecule has 0 aliphatic rings. The van der Waals surface area contributed by atoms with Crippen LogP contribution in [0.3, 0.4) is 0 Å². The van der Waals surface area contributed by atoms with Gasteiger partial charge >= 0.3 is 0 Å². The van der Waals surface area contributed by atoms with Crippen LogP contribution in [0.25, 0.3) is 0 Å². The van der Waals surface area contributed by atoms with Crippen molar-refractivity contribution in [2.24, 2.45) is 0 Å². The average molecular weight is 288 g/mol. The van der Waals surface area contributed by atoms with E-state index in [4.69, 9.17) is 10.2 Å². The van der Waals surface area contributed by atoms with Crippen molar-refractivity contribution in [3.63, 3.8) is 0 Å². The normalized spacial score (nSPS) is 16.6. The second-order valence-corrected chi connectivity index (χ2v) is 4.30. The van der Waals surface area contributed by atoms with Gasteiger partial charge in [-0.1, -0.05) is 30.3 Å². The Morgan fingerprint density at radius 3 is 2.05 bits per heavy atom. The molecule has 0 bridgehead atoms. The summed E-state index contributed by atoms with van der Waals surface area (Å²) < 4.78 is 0. The lowest BCUT2D eigenvalue weighted by Gasteiger charge is -2.24. The Hall–Kier alpha value is -1.35. The number of hydrogen-bond acceptors (Lipinski definition) is 6. The molecule has 114 valence electrons. The van der Waals surface area contributed by atoms with E-state index in [2.05, 4.69) is 0 Å². The van der Waals surface area contributed by atoms with Gasteiger partial charge in [0.05, 0.1) is 6.61 Å². The molecule has 7 heteroatoms. The van der Waals surface area contributed by atoms with Crippen molar-refractivity contribution in [1.29, 1.82) is 0 Å². The number of benzene rings is 1. The van der Waals surface area contributed by atoms with Crippen LogP contribution in [0.2, 0.25) is 0 Å². The van der Waals surface area contributed by atoms with Crippen molar-refractivity contribution in [3.8, 4) is 0 Å². The Morgan fingerprint density at radius 2 is 1.55 bits per heavy atom. The van der Waals surface area contributed by atoms with Crippen molar-refractivity contribution in [2.75, 3.05) is 6.61 Å². The monoisotopic (exact) mass is 288 g/mol. The van der Waals surface area contributed by atoms with E-state index in [1.807, 2.05) is 0 Å². The summed E-state index contributed by atoms with van der Waals surface area (Å²) in [6.45, 7) is -0.780. The standard InChI is InChI=1S/C13H18O6.H2O/c14-7-10(16)12(18)13(19)11(17)9(15)6-8-4-2-1-3-5-8;/h1-5,10-14,16-19H,6-7H2;1H2. The van der Waals surface area contributed by atoms with E-state index in [9.17, 15) is 20.1 Å². The van der Waals surface area contributed by atoms with Crippen LogP contribution >= 0.6 is 0 Å². The summed E-state index contributed by atoms with van der Waals surface area (Å²) in [4.78, 5) is 11.7. The van der Waals surface area contributed by atoms with Crippen LogP contribution in [0.5, 0.6) is 0 Å². The predicted molar refractivity (Wildman–Crippen MR) is 69.9 cm³/mol. The highest BCUT2D eigenvalue weighted by atomic mass is 16.4. The summed E-state index contributed by atoms with van der Waals surface area (Å²) >= 11 is 0. The van der Waals surface area contributed by atoms with Crippen molar-refractivity contribution >= 4 is 5.78 Å². The second-order valence-electron chi connectivity index (χ2n) is 4.30. The molecule has 1 aromatic rings. The van der Waals surface area contributed by atoms with E-state index < -0.39 is 36.8 Å². The lowest BCUT2D eigenvalue weighted by Crippen LogP contribution is -2.49. The van der Waals surface area contributed by atoms with E-state index in [0.29, 0.717) is 5.56 Å². The molecule has 4 unspecified atom stereocenters. The zero-order valence-electron chi connectivity index (χ0n) is 10.8. The number of aliphatic hydroxyl groups is 5. The van der Waals surface area contributed by atoms with Gasteiger partial charge in [0.15, 0.2) is 5.78 Å². The van der Waals surface area contributed by atoms with Gasteiger partial charge in [0, 0.05) is 6.42 Å². The zero-order valence-corrected chi connectivity index (χ0v) is 10.8. The lowest BCUT2D eigenvalue weighted by molar-refractivity contribution is -0.146. The molecule has 0 radical (unpaired) electrons. The molecule has 4 atom stereocenters. The van der Waals surface area contributed by atoms with Crippen LogP contribution in [0.4, 0.5) is 0 Å². The molecule has 0 saturated heterocycles. The molecule has 1 aromatic carbocycles. The molecule has 0 aromatic heterocycles.